The standard InChI is InChI=1S/C19H28N2O3/c1-13-8-10-21(17(13)11-19(22)23)15-3-5-16(6-4-15)24-18-7-9-20-12-14(18)2/h3-6,13-14,17-18,20H,7-12H2,1-2H3,(H,22,23). The smallest absolute Gasteiger partial charge is 0.305 e. The highest BCUT2D eigenvalue weighted by Crippen LogP contribution is 2.32. The molecule has 0 spiro atoms. The summed E-state index contributed by atoms with van der Waals surface area (Å²) in [5.41, 5.74) is 1.09. The molecule has 4 atom stereocenters. The predicted molar refractivity (Wildman–Crippen MR) is 94.7 cm³/mol. The minimum absolute atomic E-state index is 0.0821. The van der Waals surface area contributed by atoms with Crippen LogP contribution in [0.3, 0.4) is 0 Å². The SMILES string of the molecule is CC1CNCCC1Oc1ccc(N2CCC(C)C2CC(=O)O)cc1. The molecular weight excluding hydrogens is 304 g/mol. The Balaban J connectivity index is 1.66. The third-order valence-electron chi connectivity index (χ3n) is 5.43. The Morgan fingerprint density at radius 1 is 1.25 bits per heavy atom. The van der Waals surface area contributed by atoms with Gasteiger partial charge in [0.05, 0.1) is 6.42 Å². The number of nitrogens with zero attached hydrogens (tertiary/aromatic N) is 1. The summed E-state index contributed by atoms with van der Waals surface area (Å²) in [6.07, 6.45) is 2.55. The fourth-order valence-corrected chi connectivity index (χ4v) is 3.88. The summed E-state index contributed by atoms with van der Waals surface area (Å²) < 4.78 is 6.15. The van der Waals surface area contributed by atoms with E-state index in [4.69, 9.17) is 9.84 Å². The summed E-state index contributed by atoms with van der Waals surface area (Å²) in [6, 6.07) is 8.25. The van der Waals surface area contributed by atoms with E-state index in [2.05, 4.69) is 36.2 Å². The zero-order chi connectivity index (χ0) is 17.1. The molecule has 3 rings (SSSR count). The van der Waals surface area contributed by atoms with Gasteiger partial charge in [-0.1, -0.05) is 13.8 Å². The van der Waals surface area contributed by atoms with E-state index in [0.29, 0.717) is 11.8 Å². The normalized spacial score (nSPS) is 30.3. The zero-order valence-electron chi connectivity index (χ0n) is 14.6. The number of hydrogen-bond acceptors (Lipinski definition) is 4. The molecule has 4 unspecified atom stereocenters. The largest absolute Gasteiger partial charge is 0.490 e. The van der Waals surface area contributed by atoms with Crippen molar-refractivity contribution in [3.8, 4) is 5.75 Å². The van der Waals surface area contributed by atoms with Gasteiger partial charge in [0.1, 0.15) is 11.9 Å². The first-order valence-electron chi connectivity index (χ1n) is 9.00. The zero-order valence-corrected chi connectivity index (χ0v) is 14.6. The minimum Gasteiger partial charge on any atom is -0.490 e. The van der Waals surface area contributed by atoms with Crippen molar-refractivity contribution in [2.45, 2.75) is 45.3 Å². The molecule has 0 radical (unpaired) electrons. The molecule has 2 heterocycles. The van der Waals surface area contributed by atoms with Crippen LogP contribution in [0.25, 0.3) is 0 Å². The van der Waals surface area contributed by atoms with E-state index in [1.807, 2.05) is 12.1 Å². The molecule has 2 aliphatic rings. The lowest BCUT2D eigenvalue weighted by Crippen LogP contribution is -2.41. The van der Waals surface area contributed by atoms with Gasteiger partial charge in [-0.2, -0.15) is 0 Å². The molecular formula is C19H28N2O3. The van der Waals surface area contributed by atoms with Crippen LogP contribution in [-0.4, -0.2) is 42.9 Å². The van der Waals surface area contributed by atoms with Gasteiger partial charge in [0.2, 0.25) is 0 Å². The Kier molecular flexibility index (Phi) is 5.29. The van der Waals surface area contributed by atoms with Gasteiger partial charge in [0.15, 0.2) is 0 Å². The number of anilines is 1. The molecule has 0 aliphatic carbocycles. The maximum absolute atomic E-state index is 11.1. The van der Waals surface area contributed by atoms with Crippen LogP contribution >= 0.6 is 0 Å². The number of hydrogen-bond donors (Lipinski definition) is 2. The van der Waals surface area contributed by atoms with E-state index >= 15 is 0 Å². The minimum atomic E-state index is -0.724. The second kappa shape index (κ2) is 7.43. The Morgan fingerprint density at radius 2 is 2.00 bits per heavy atom. The van der Waals surface area contributed by atoms with Crippen molar-refractivity contribution in [1.82, 2.24) is 5.32 Å². The van der Waals surface area contributed by atoms with Crippen molar-refractivity contribution in [2.24, 2.45) is 11.8 Å². The first-order chi connectivity index (χ1) is 11.5. The van der Waals surface area contributed by atoms with Gasteiger partial charge < -0.3 is 20.1 Å². The van der Waals surface area contributed by atoms with Crippen LogP contribution in [-0.2, 0) is 4.79 Å². The van der Waals surface area contributed by atoms with E-state index in [1.165, 1.54) is 0 Å². The number of ether oxygens (including phenoxy) is 1. The fourth-order valence-electron chi connectivity index (χ4n) is 3.88. The maximum atomic E-state index is 11.1. The molecule has 2 aliphatic heterocycles. The Hall–Kier alpha value is -1.75. The molecule has 0 saturated carbocycles. The van der Waals surface area contributed by atoms with Crippen LogP contribution < -0.4 is 15.0 Å². The van der Waals surface area contributed by atoms with E-state index in [9.17, 15) is 4.79 Å². The summed E-state index contributed by atoms with van der Waals surface area (Å²) >= 11 is 0. The van der Waals surface area contributed by atoms with Crippen LogP contribution in [0, 0.1) is 11.8 Å². The van der Waals surface area contributed by atoms with Crippen LogP contribution in [0.15, 0.2) is 24.3 Å². The molecule has 0 aromatic heterocycles. The van der Waals surface area contributed by atoms with Crippen molar-refractivity contribution in [1.29, 1.82) is 0 Å². The summed E-state index contributed by atoms with van der Waals surface area (Å²) in [5.74, 6) is 1.10. The highest BCUT2D eigenvalue weighted by atomic mass is 16.5. The van der Waals surface area contributed by atoms with Crippen LogP contribution in [0.5, 0.6) is 5.75 Å². The highest BCUT2D eigenvalue weighted by Gasteiger charge is 2.33. The van der Waals surface area contributed by atoms with Crippen molar-refractivity contribution in [3.63, 3.8) is 0 Å². The third kappa shape index (κ3) is 3.83. The average Bonchev–Trinajstić information content (AvgIpc) is 2.91. The molecule has 2 fully saturated rings. The number of aliphatic carboxylic acids is 1. The molecule has 5 heteroatoms. The molecule has 0 bridgehead atoms. The third-order valence-corrected chi connectivity index (χ3v) is 5.43. The molecule has 2 N–H and O–H groups in total. The van der Waals surface area contributed by atoms with Gasteiger partial charge in [-0.3, -0.25) is 4.79 Å². The lowest BCUT2D eigenvalue weighted by Gasteiger charge is -2.30. The first kappa shape index (κ1) is 17.1. The van der Waals surface area contributed by atoms with Crippen molar-refractivity contribution >= 4 is 11.7 Å². The highest BCUT2D eigenvalue weighted by molar-refractivity contribution is 5.69. The second-order valence-corrected chi connectivity index (χ2v) is 7.24. The molecule has 1 aromatic carbocycles. The summed E-state index contributed by atoms with van der Waals surface area (Å²) in [6.45, 7) is 7.29. The summed E-state index contributed by atoms with van der Waals surface area (Å²) in [5, 5.41) is 12.5. The van der Waals surface area contributed by atoms with Gasteiger partial charge >= 0.3 is 5.97 Å². The van der Waals surface area contributed by atoms with Crippen molar-refractivity contribution < 1.29 is 14.6 Å². The molecule has 1 aromatic rings. The Labute approximate surface area is 144 Å². The monoisotopic (exact) mass is 332 g/mol. The van der Waals surface area contributed by atoms with Gasteiger partial charge in [0, 0.05) is 30.7 Å². The molecule has 2 saturated heterocycles. The Bertz CT molecular complexity index is 560. The summed E-state index contributed by atoms with van der Waals surface area (Å²) in [7, 11) is 0. The molecule has 132 valence electrons. The van der Waals surface area contributed by atoms with E-state index in [0.717, 1.165) is 43.9 Å². The molecule has 24 heavy (non-hydrogen) atoms. The number of carboxylic acids is 1. The number of benzene rings is 1. The number of nitrogens with one attached hydrogen (secondary N) is 1. The second-order valence-electron chi connectivity index (χ2n) is 7.24. The number of carboxylic acid groups (broad SMARTS) is 1. The van der Waals surface area contributed by atoms with E-state index in [1.54, 1.807) is 0 Å². The van der Waals surface area contributed by atoms with Gasteiger partial charge in [-0.25, -0.2) is 0 Å². The lowest BCUT2D eigenvalue weighted by molar-refractivity contribution is -0.137. The van der Waals surface area contributed by atoms with Gasteiger partial charge in [0.25, 0.3) is 0 Å². The number of rotatable bonds is 5. The van der Waals surface area contributed by atoms with Crippen LogP contribution in [0.1, 0.15) is 33.1 Å². The topological polar surface area (TPSA) is 61.8 Å². The van der Waals surface area contributed by atoms with Crippen LogP contribution in [0.2, 0.25) is 0 Å². The van der Waals surface area contributed by atoms with Crippen LogP contribution in [0.4, 0.5) is 5.69 Å². The van der Waals surface area contributed by atoms with E-state index in [-0.39, 0.29) is 18.6 Å². The van der Waals surface area contributed by atoms with Gasteiger partial charge in [-0.15, -0.1) is 0 Å². The predicted octanol–water partition coefficient (Wildman–Crippen LogP) is 2.75. The number of carbonyl (C=O) groups is 1. The molecule has 5 nitrogen and oxygen atoms in total. The first-order valence-corrected chi connectivity index (χ1v) is 9.00. The van der Waals surface area contributed by atoms with Gasteiger partial charge in [-0.05, 0) is 49.6 Å². The quantitative estimate of drug-likeness (QED) is 0.868. The van der Waals surface area contributed by atoms with Crippen molar-refractivity contribution in [3.05, 3.63) is 24.3 Å². The lowest BCUT2D eigenvalue weighted by atomic mass is 9.98. The average molecular weight is 332 g/mol. The van der Waals surface area contributed by atoms with Crippen molar-refractivity contribution in [2.75, 3.05) is 24.5 Å². The molecule has 0 amide bonds. The number of piperidine rings is 1. The van der Waals surface area contributed by atoms with E-state index < -0.39 is 5.97 Å². The fraction of sp³-hybridized carbons (Fsp3) is 0.632. The summed E-state index contributed by atoms with van der Waals surface area (Å²) in [4.78, 5) is 13.4. The Morgan fingerprint density at radius 3 is 2.67 bits per heavy atom. The maximum Gasteiger partial charge on any atom is 0.305 e.